The van der Waals surface area contributed by atoms with Gasteiger partial charge < -0.3 is 9.80 Å². The maximum absolute atomic E-state index is 12.6. The summed E-state index contributed by atoms with van der Waals surface area (Å²) in [6.07, 6.45) is 1.18. The number of rotatable bonds is 1. The van der Waals surface area contributed by atoms with Gasteiger partial charge in [-0.25, -0.2) is 4.98 Å². The molecule has 0 saturated carbocycles. The lowest BCUT2D eigenvalue weighted by Crippen LogP contribution is -2.50. The fraction of sp³-hybridized carbons (Fsp3) is 0.364. The zero-order valence-corrected chi connectivity index (χ0v) is 9.39. The molecule has 17 heavy (non-hydrogen) atoms. The molecule has 0 atom stereocenters. The molecule has 0 N–H and O–H groups in total. The molecule has 1 saturated heterocycles. The first-order chi connectivity index (χ1) is 8.08. The van der Waals surface area contributed by atoms with E-state index in [2.05, 4.69) is 4.98 Å². The van der Waals surface area contributed by atoms with Crippen LogP contribution in [0.2, 0.25) is 0 Å². The van der Waals surface area contributed by atoms with Crippen LogP contribution in [0.5, 0.6) is 0 Å². The number of likely N-dealkylation sites (N-methyl/N-ethyl adjacent to an activating group) is 1. The maximum atomic E-state index is 12.6. The molecule has 0 spiro atoms. The van der Waals surface area contributed by atoms with Crippen molar-refractivity contribution in [3.63, 3.8) is 0 Å². The van der Waals surface area contributed by atoms with Gasteiger partial charge in [0.1, 0.15) is 6.54 Å². The molecular weight excluding hydrogens is 225 g/mol. The van der Waals surface area contributed by atoms with E-state index >= 15 is 0 Å². The van der Waals surface area contributed by atoms with Gasteiger partial charge >= 0.3 is 0 Å². The standard InChI is InChI=1S/C11H12FN3O2/c1-14-4-5-15(7-10(14)16)11(17)8-2-3-9(12)13-6-8/h2-3,6H,4-5,7H2,1H3. The molecule has 0 aliphatic carbocycles. The van der Waals surface area contributed by atoms with Crippen molar-refractivity contribution < 1.29 is 14.0 Å². The number of hydrogen-bond donors (Lipinski definition) is 0. The number of hydrogen-bond acceptors (Lipinski definition) is 3. The summed E-state index contributed by atoms with van der Waals surface area (Å²) in [5.74, 6) is -1.02. The summed E-state index contributed by atoms with van der Waals surface area (Å²) in [5, 5.41) is 0. The molecule has 0 aromatic carbocycles. The molecule has 2 heterocycles. The number of amides is 2. The maximum Gasteiger partial charge on any atom is 0.255 e. The summed E-state index contributed by atoms with van der Waals surface area (Å²) in [6, 6.07) is 2.50. The van der Waals surface area contributed by atoms with Crippen molar-refractivity contribution in [1.82, 2.24) is 14.8 Å². The fourth-order valence-corrected chi connectivity index (χ4v) is 1.62. The van der Waals surface area contributed by atoms with Gasteiger partial charge in [0, 0.05) is 26.3 Å². The second-order valence-electron chi connectivity index (χ2n) is 3.91. The Morgan fingerprint density at radius 3 is 2.76 bits per heavy atom. The van der Waals surface area contributed by atoms with Gasteiger partial charge in [0.2, 0.25) is 11.9 Å². The Kier molecular flexibility index (Phi) is 3.03. The number of nitrogens with zero attached hydrogens (tertiary/aromatic N) is 3. The number of carbonyl (C=O) groups excluding carboxylic acids is 2. The molecule has 1 aromatic heterocycles. The third-order valence-corrected chi connectivity index (χ3v) is 2.72. The van der Waals surface area contributed by atoms with Gasteiger partial charge in [-0.1, -0.05) is 0 Å². The summed E-state index contributed by atoms with van der Waals surface area (Å²) in [4.78, 5) is 29.8. The van der Waals surface area contributed by atoms with Crippen LogP contribution in [0, 0.1) is 5.95 Å². The highest BCUT2D eigenvalue weighted by Crippen LogP contribution is 2.08. The summed E-state index contributed by atoms with van der Waals surface area (Å²) in [7, 11) is 1.70. The number of halogens is 1. The van der Waals surface area contributed by atoms with Crippen LogP contribution in [0.4, 0.5) is 4.39 Å². The van der Waals surface area contributed by atoms with Crippen LogP contribution in [0.3, 0.4) is 0 Å². The van der Waals surface area contributed by atoms with E-state index in [1.807, 2.05) is 0 Å². The number of pyridine rings is 1. The predicted octanol–water partition coefficient (Wildman–Crippen LogP) is 0.135. The Balaban J connectivity index is 2.10. The van der Waals surface area contributed by atoms with Crippen molar-refractivity contribution in [3.8, 4) is 0 Å². The summed E-state index contributed by atoms with van der Waals surface area (Å²) >= 11 is 0. The first-order valence-electron chi connectivity index (χ1n) is 5.23. The SMILES string of the molecule is CN1CCN(C(=O)c2ccc(F)nc2)CC1=O. The van der Waals surface area contributed by atoms with Gasteiger partial charge in [0.05, 0.1) is 5.56 Å². The van der Waals surface area contributed by atoms with Crippen molar-refractivity contribution in [3.05, 3.63) is 29.8 Å². The molecule has 2 rings (SSSR count). The van der Waals surface area contributed by atoms with Crippen LogP contribution in [-0.4, -0.2) is 53.3 Å². The lowest BCUT2D eigenvalue weighted by molar-refractivity contribution is -0.133. The molecular formula is C11H12FN3O2. The van der Waals surface area contributed by atoms with E-state index in [-0.39, 0.29) is 18.4 Å². The van der Waals surface area contributed by atoms with Crippen LogP contribution >= 0.6 is 0 Å². The minimum Gasteiger partial charge on any atom is -0.342 e. The Morgan fingerprint density at radius 1 is 1.41 bits per heavy atom. The molecule has 6 heteroatoms. The average molecular weight is 237 g/mol. The Labute approximate surface area is 97.8 Å². The van der Waals surface area contributed by atoms with Gasteiger partial charge in [-0.15, -0.1) is 0 Å². The van der Waals surface area contributed by atoms with Gasteiger partial charge in [0.25, 0.3) is 5.91 Å². The summed E-state index contributed by atoms with van der Waals surface area (Å²) < 4.78 is 12.6. The van der Waals surface area contributed by atoms with Gasteiger partial charge in [-0.3, -0.25) is 9.59 Å². The molecule has 0 bridgehead atoms. The first-order valence-corrected chi connectivity index (χ1v) is 5.23. The van der Waals surface area contributed by atoms with Crippen molar-refractivity contribution >= 4 is 11.8 Å². The monoisotopic (exact) mass is 237 g/mol. The molecule has 1 fully saturated rings. The molecule has 1 aliphatic heterocycles. The van der Waals surface area contributed by atoms with Crippen LogP contribution < -0.4 is 0 Å². The normalized spacial score (nSPS) is 16.2. The van der Waals surface area contributed by atoms with Gasteiger partial charge in [0.15, 0.2) is 0 Å². The van der Waals surface area contributed by atoms with Crippen LogP contribution in [0.25, 0.3) is 0 Å². The Morgan fingerprint density at radius 2 is 2.18 bits per heavy atom. The van der Waals surface area contributed by atoms with Crippen molar-refractivity contribution in [1.29, 1.82) is 0 Å². The number of carbonyl (C=O) groups is 2. The first kappa shape index (κ1) is 11.5. The summed E-state index contributed by atoms with van der Waals surface area (Å²) in [5.41, 5.74) is 0.295. The molecule has 0 unspecified atom stereocenters. The molecule has 1 aromatic rings. The largest absolute Gasteiger partial charge is 0.342 e. The Hall–Kier alpha value is -1.98. The lowest BCUT2D eigenvalue weighted by Gasteiger charge is -2.31. The smallest absolute Gasteiger partial charge is 0.255 e. The highest BCUT2D eigenvalue weighted by Gasteiger charge is 2.25. The van der Waals surface area contributed by atoms with Crippen molar-refractivity contribution in [2.45, 2.75) is 0 Å². The van der Waals surface area contributed by atoms with E-state index in [1.165, 1.54) is 17.2 Å². The van der Waals surface area contributed by atoms with E-state index in [9.17, 15) is 14.0 Å². The summed E-state index contributed by atoms with van der Waals surface area (Å²) in [6.45, 7) is 1.06. The van der Waals surface area contributed by atoms with E-state index in [0.29, 0.717) is 18.7 Å². The molecule has 0 radical (unpaired) electrons. The second kappa shape index (κ2) is 4.48. The third-order valence-electron chi connectivity index (χ3n) is 2.72. The molecule has 90 valence electrons. The van der Waals surface area contributed by atoms with E-state index < -0.39 is 5.95 Å². The minimum atomic E-state index is -0.629. The fourth-order valence-electron chi connectivity index (χ4n) is 1.62. The van der Waals surface area contributed by atoms with E-state index in [0.717, 1.165) is 6.07 Å². The highest BCUT2D eigenvalue weighted by molar-refractivity contribution is 5.96. The Bertz CT molecular complexity index is 447. The third kappa shape index (κ3) is 2.41. The molecule has 2 amide bonds. The van der Waals surface area contributed by atoms with Crippen molar-refractivity contribution in [2.24, 2.45) is 0 Å². The zero-order chi connectivity index (χ0) is 12.4. The van der Waals surface area contributed by atoms with Gasteiger partial charge in [-0.05, 0) is 12.1 Å². The average Bonchev–Trinajstić information content (AvgIpc) is 2.33. The lowest BCUT2D eigenvalue weighted by atomic mass is 10.2. The van der Waals surface area contributed by atoms with E-state index in [1.54, 1.807) is 11.9 Å². The number of piperazine rings is 1. The second-order valence-corrected chi connectivity index (χ2v) is 3.91. The zero-order valence-electron chi connectivity index (χ0n) is 9.39. The topological polar surface area (TPSA) is 53.5 Å². The minimum absolute atomic E-state index is 0.0622. The predicted molar refractivity (Wildman–Crippen MR) is 57.7 cm³/mol. The van der Waals surface area contributed by atoms with Crippen molar-refractivity contribution in [2.75, 3.05) is 26.7 Å². The number of aromatic nitrogens is 1. The van der Waals surface area contributed by atoms with Crippen LogP contribution in [-0.2, 0) is 4.79 Å². The van der Waals surface area contributed by atoms with E-state index in [4.69, 9.17) is 0 Å². The quantitative estimate of drug-likeness (QED) is 0.653. The molecule has 1 aliphatic rings. The van der Waals surface area contributed by atoms with Crippen LogP contribution in [0.15, 0.2) is 18.3 Å². The van der Waals surface area contributed by atoms with Gasteiger partial charge in [-0.2, -0.15) is 4.39 Å². The van der Waals surface area contributed by atoms with Crippen LogP contribution in [0.1, 0.15) is 10.4 Å². The molecule has 5 nitrogen and oxygen atoms in total. The highest BCUT2D eigenvalue weighted by atomic mass is 19.1.